The molecule has 1 aliphatic rings. The van der Waals surface area contributed by atoms with Crippen LogP contribution in [0.15, 0.2) is 16.6 Å². The van der Waals surface area contributed by atoms with E-state index in [1.807, 2.05) is 0 Å². The highest BCUT2D eigenvalue weighted by molar-refractivity contribution is 9.10. The van der Waals surface area contributed by atoms with E-state index >= 15 is 0 Å². The monoisotopic (exact) mass is 360 g/mol. The lowest BCUT2D eigenvalue weighted by molar-refractivity contribution is -0.0804. The Hall–Kier alpha value is -0.480. The number of benzene rings is 1. The van der Waals surface area contributed by atoms with Crippen molar-refractivity contribution >= 4 is 15.9 Å². The maximum atomic E-state index is 14.2. The van der Waals surface area contributed by atoms with Gasteiger partial charge in [0.1, 0.15) is 11.6 Å². The van der Waals surface area contributed by atoms with Crippen LogP contribution in [-0.4, -0.2) is 10.7 Å². The summed E-state index contributed by atoms with van der Waals surface area (Å²) in [5, 5.41) is 11.1. The summed E-state index contributed by atoms with van der Waals surface area (Å²) in [6.45, 7) is 6.23. The smallest absolute Gasteiger partial charge is 0.143 e. The van der Waals surface area contributed by atoms with Crippen LogP contribution in [0.5, 0.6) is 0 Å². The zero-order chi connectivity index (χ0) is 15.8. The summed E-state index contributed by atoms with van der Waals surface area (Å²) in [5.41, 5.74) is -1.04. The van der Waals surface area contributed by atoms with E-state index in [4.69, 9.17) is 0 Å². The van der Waals surface area contributed by atoms with Crippen molar-refractivity contribution in [3.8, 4) is 0 Å². The molecule has 1 nitrogen and oxygen atoms in total. The number of hydrogen-bond donors (Lipinski definition) is 1. The van der Waals surface area contributed by atoms with Crippen LogP contribution < -0.4 is 0 Å². The van der Waals surface area contributed by atoms with Gasteiger partial charge in [-0.05, 0) is 58.7 Å². The van der Waals surface area contributed by atoms with Crippen LogP contribution in [0.2, 0.25) is 0 Å². The van der Waals surface area contributed by atoms with Crippen molar-refractivity contribution in [1.82, 2.24) is 0 Å². The standard InChI is InChI=1S/C17H23BrF2O/c1-10(2)13-5-4-11(3)8-17(13,21)9-12-15(19)7-6-14(18)16(12)20/h6-7,10-11,13,21H,4-5,8-9H2,1-3H3. The quantitative estimate of drug-likeness (QED) is 0.744. The van der Waals surface area contributed by atoms with E-state index in [1.165, 1.54) is 12.1 Å². The van der Waals surface area contributed by atoms with Gasteiger partial charge in [0, 0.05) is 12.0 Å². The fraction of sp³-hybridized carbons (Fsp3) is 0.647. The van der Waals surface area contributed by atoms with Gasteiger partial charge in [-0.3, -0.25) is 0 Å². The first-order chi connectivity index (χ1) is 9.74. The van der Waals surface area contributed by atoms with E-state index in [2.05, 4.69) is 36.7 Å². The van der Waals surface area contributed by atoms with E-state index in [-0.39, 0.29) is 22.4 Å². The SMILES string of the molecule is CC1CCC(C(C)C)C(O)(Cc2c(F)ccc(Br)c2F)C1. The van der Waals surface area contributed by atoms with Crippen molar-refractivity contribution in [2.24, 2.45) is 17.8 Å². The Morgan fingerprint density at radius 3 is 2.62 bits per heavy atom. The van der Waals surface area contributed by atoms with Gasteiger partial charge >= 0.3 is 0 Å². The second kappa shape index (κ2) is 6.33. The molecule has 0 heterocycles. The lowest BCUT2D eigenvalue weighted by atomic mass is 9.65. The van der Waals surface area contributed by atoms with Gasteiger partial charge in [0.05, 0.1) is 10.1 Å². The van der Waals surface area contributed by atoms with Crippen molar-refractivity contribution in [1.29, 1.82) is 0 Å². The molecule has 2 rings (SSSR count). The molecular weight excluding hydrogens is 338 g/mol. The molecule has 0 saturated heterocycles. The maximum Gasteiger partial charge on any atom is 0.143 e. The van der Waals surface area contributed by atoms with Crippen molar-refractivity contribution in [3.63, 3.8) is 0 Å². The molecule has 3 atom stereocenters. The summed E-state index contributed by atoms with van der Waals surface area (Å²) in [7, 11) is 0. The number of hydrogen-bond acceptors (Lipinski definition) is 1. The summed E-state index contributed by atoms with van der Waals surface area (Å²) < 4.78 is 28.5. The Kier molecular flexibility index (Phi) is 5.09. The van der Waals surface area contributed by atoms with Crippen molar-refractivity contribution < 1.29 is 13.9 Å². The predicted octanol–water partition coefficient (Wildman–Crippen LogP) is 5.09. The van der Waals surface area contributed by atoms with E-state index in [0.29, 0.717) is 18.3 Å². The molecule has 1 N–H and O–H groups in total. The molecule has 1 saturated carbocycles. The van der Waals surface area contributed by atoms with Crippen molar-refractivity contribution in [2.45, 2.75) is 52.1 Å². The van der Waals surface area contributed by atoms with Gasteiger partial charge in [-0.2, -0.15) is 0 Å². The zero-order valence-electron chi connectivity index (χ0n) is 12.8. The van der Waals surface area contributed by atoms with Gasteiger partial charge in [0.2, 0.25) is 0 Å². The van der Waals surface area contributed by atoms with Crippen LogP contribution in [0, 0.1) is 29.4 Å². The highest BCUT2D eigenvalue weighted by Gasteiger charge is 2.43. The molecular formula is C17H23BrF2O. The third-order valence-corrected chi connectivity index (χ3v) is 5.40. The molecule has 0 radical (unpaired) electrons. The van der Waals surface area contributed by atoms with Crippen LogP contribution in [-0.2, 0) is 6.42 Å². The lowest BCUT2D eigenvalue weighted by Crippen LogP contribution is -2.47. The van der Waals surface area contributed by atoms with Gasteiger partial charge < -0.3 is 5.11 Å². The molecule has 0 bridgehead atoms. The van der Waals surface area contributed by atoms with Crippen LogP contribution in [0.4, 0.5) is 8.78 Å². The second-order valence-electron chi connectivity index (χ2n) is 6.84. The molecule has 3 unspecified atom stereocenters. The Morgan fingerprint density at radius 1 is 1.33 bits per heavy atom. The van der Waals surface area contributed by atoms with Gasteiger partial charge in [0.25, 0.3) is 0 Å². The highest BCUT2D eigenvalue weighted by Crippen LogP contribution is 2.43. The highest BCUT2D eigenvalue weighted by atomic mass is 79.9. The Morgan fingerprint density at radius 2 is 2.00 bits per heavy atom. The lowest BCUT2D eigenvalue weighted by Gasteiger charge is -2.45. The van der Waals surface area contributed by atoms with Crippen LogP contribution >= 0.6 is 15.9 Å². The normalized spacial score (nSPS) is 29.9. The van der Waals surface area contributed by atoms with E-state index in [1.54, 1.807) is 0 Å². The average Bonchev–Trinajstić information content (AvgIpc) is 2.38. The Bertz CT molecular complexity index is 518. The summed E-state index contributed by atoms with van der Waals surface area (Å²) in [6, 6.07) is 2.62. The first-order valence-corrected chi connectivity index (χ1v) is 8.38. The summed E-state index contributed by atoms with van der Waals surface area (Å²) >= 11 is 3.10. The topological polar surface area (TPSA) is 20.2 Å². The number of aliphatic hydroxyl groups is 1. The molecule has 0 amide bonds. The first-order valence-electron chi connectivity index (χ1n) is 7.59. The molecule has 0 aromatic heterocycles. The molecule has 118 valence electrons. The summed E-state index contributed by atoms with van der Waals surface area (Å²) in [5.74, 6) is -0.426. The zero-order valence-corrected chi connectivity index (χ0v) is 14.4. The van der Waals surface area contributed by atoms with E-state index in [9.17, 15) is 13.9 Å². The van der Waals surface area contributed by atoms with E-state index < -0.39 is 17.2 Å². The van der Waals surface area contributed by atoms with Gasteiger partial charge in [-0.15, -0.1) is 0 Å². The summed E-state index contributed by atoms with van der Waals surface area (Å²) in [6.07, 6.45) is 2.61. The molecule has 4 heteroatoms. The third-order valence-electron chi connectivity index (χ3n) is 4.79. The minimum absolute atomic E-state index is 0.00775. The minimum atomic E-state index is -1.03. The van der Waals surface area contributed by atoms with Gasteiger partial charge in [-0.25, -0.2) is 8.78 Å². The van der Waals surface area contributed by atoms with Crippen LogP contribution in [0.25, 0.3) is 0 Å². The second-order valence-corrected chi connectivity index (χ2v) is 7.69. The van der Waals surface area contributed by atoms with Gasteiger partial charge in [-0.1, -0.05) is 27.2 Å². The predicted molar refractivity (Wildman–Crippen MR) is 84.1 cm³/mol. The molecule has 1 fully saturated rings. The molecule has 0 aliphatic heterocycles. The fourth-order valence-electron chi connectivity index (χ4n) is 3.78. The maximum absolute atomic E-state index is 14.2. The number of halogens is 3. The van der Waals surface area contributed by atoms with Crippen LogP contribution in [0.3, 0.4) is 0 Å². The number of rotatable bonds is 3. The molecule has 1 aliphatic carbocycles. The average molecular weight is 361 g/mol. The first kappa shape index (κ1) is 16.9. The molecule has 0 spiro atoms. The largest absolute Gasteiger partial charge is 0.389 e. The molecule has 1 aromatic carbocycles. The Labute approximate surface area is 133 Å². The van der Waals surface area contributed by atoms with E-state index in [0.717, 1.165) is 12.8 Å². The minimum Gasteiger partial charge on any atom is -0.389 e. The third kappa shape index (κ3) is 3.48. The molecule has 21 heavy (non-hydrogen) atoms. The molecule has 1 aromatic rings. The van der Waals surface area contributed by atoms with Gasteiger partial charge in [0.15, 0.2) is 0 Å². The summed E-state index contributed by atoms with van der Waals surface area (Å²) in [4.78, 5) is 0. The van der Waals surface area contributed by atoms with Crippen molar-refractivity contribution in [2.75, 3.05) is 0 Å². The van der Waals surface area contributed by atoms with Crippen LogP contribution in [0.1, 0.15) is 45.6 Å². The fourth-order valence-corrected chi connectivity index (χ4v) is 4.16. The Balaban J connectivity index is 2.36. The van der Waals surface area contributed by atoms with Crippen molar-refractivity contribution in [3.05, 3.63) is 33.8 Å².